The molecular formula is C12H14N2O3. The molecule has 0 atom stereocenters. The smallest absolute Gasteiger partial charge is 0.258 e. The molecule has 2 rings (SSSR count). The van der Waals surface area contributed by atoms with Gasteiger partial charge in [-0.15, -0.1) is 0 Å². The van der Waals surface area contributed by atoms with E-state index in [1.807, 2.05) is 0 Å². The summed E-state index contributed by atoms with van der Waals surface area (Å²) >= 11 is 0. The van der Waals surface area contributed by atoms with Crippen molar-refractivity contribution in [3.05, 3.63) is 29.8 Å². The predicted octanol–water partition coefficient (Wildman–Crippen LogP) is 0.354. The molecule has 2 amide bonds. The molecule has 1 heterocycles. The van der Waals surface area contributed by atoms with Crippen LogP contribution in [0, 0.1) is 0 Å². The third kappa shape index (κ3) is 2.55. The highest BCUT2D eigenvalue weighted by Gasteiger charge is 2.22. The second-order valence-corrected chi connectivity index (χ2v) is 3.95. The first-order chi connectivity index (χ1) is 8.18. The first kappa shape index (κ1) is 11.4. The van der Waals surface area contributed by atoms with E-state index in [2.05, 4.69) is 5.32 Å². The lowest BCUT2D eigenvalue weighted by Gasteiger charge is -2.19. The summed E-state index contributed by atoms with van der Waals surface area (Å²) in [6, 6.07) is 6.36. The molecule has 5 nitrogen and oxygen atoms in total. The highest BCUT2D eigenvalue weighted by atomic mass is 16.3. The van der Waals surface area contributed by atoms with Gasteiger partial charge in [-0.3, -0.25) is 9.59 Å². The molecule has 1 aromatic rings. The molecule has 1 aliphatic rings. The fourth-order valence-electron chi connectivity index (χ4n) is 1.80. The third-order valence-electron chi connectivity index (χ3n) is 2.68. The molecule has 0 aromatic heterocycles. The highest BCUT2D eigenvalue weighted by Crippen LogP contribution is 2.18. The van der Waals surface area contributed by atoms with E-state index in [4.69, 9.17) is 0 Å². The average Bonchev–Trinajstić information content (AvgIpc) is 2.54. The van der Waals surface area contributed by atoms with Gasteiger partial charge in [-0.05, 0) is 18.6 Å². The summed E-state index contributed by atoms with van der Waals surface area (Å²) in [6.07, 6.45) is 0.727. The summed E-state index contributed by atoms with van der Waals surface area (Å²) in [5.41, 5.74) is 0.238. The Hall–Kier alpha value is -2.04. The highest BCUT2D eigenvalue weighted by molar-refractivity contribution is 5.98. The van der Waals surface area contributed by atoms with Gasteiger partial charge in [0.25, 0.3) is 5.91 Å². The van der Waals surface area contributed by atoms with Gasteiger partial charge in [0.15, 0.2) is 0 Å². The largest absolute Gasteiger partial charge is 0.507 e. The van der Waals surface area contributed by atoms with Gasteiger partial charge in [-0.1, -0.05) is 12.1 Å². The number of nitrogens with zero attached hydrogens (tertiary/aromatic N) is 1. The lowest BCUT2D eigenvalue weighted by Crippen LogP contribution is -2.37. The number of carbonyl (C=O) groups is 2. The Labute approximate surface area is 99.0 Å². The fraction of sp³-hybridized carbons (Fsp3) is 0.333. The molecule has 0 unspecified atom stereocenters. The number of amides is 2. The average molecular weight is 234 g/mol. The number of para-hydroxylation sites is 1. The number of hydrogen-bond donors (Lipinski definition) is 2. The fourth-order valence-corrected chi connectivity index (χ4v) is 1.80. The lowest BCUT2D eigenvalue weighted by atomic mass is 10.1. The first-order valence-corrected chi connectivity index (χ1v) is 5.52. The number of carbonyl (C=O) groups excluding carboxylic acids is 2. The molecular weight excluding hydrogens is 220 g/mol. The Morgan fingerprint density at radius 2 is 2.12 bits per heavy atom. The van der Waals surface area contributed by atoms with Crippen molar-refractivity contribution in [2.24, 2.45) is 0 Å². The monoisotopic (exact) mass is 234 g/mol. The van der Waals surface area contributed by atoms with Crippen molar-refractivity contribution in [1.29, 1.82) is 0 Å². The molecule has 1 fully saturated rings. The maximum Gasteiger partial charge on any atom is 0.258 e. The number of rotatable bonds is 1. The molecule has 0 spiro atoms. The second kappa shape index (κ2) is 4.86. The van der Waals surface area contributed by atoms with E-state index in [-0.39, 0.29) is 29.7 Å². The number of hydrogen-bond acceptors (Lipinski definition) is 3. The Morgan fingerprint density at radius 3 is 2.88 bits per heavy atom. The molecule has 1 aliphatic heterocycles. The van der Waals surface area contributed by atoms with E-state index < -0.39 is 0 Å². The minimum atomic E-state index is -0.305. The van der Waals surface area contributed by atoms with Crippen molar-refractivity contribution in [2.75, 3.05) is 19.6 Å². The van der Waals surface area contributed by atoms with Gasteiger partial charge in [0.1, 0.15) is 5.75 Å². The zero-order valence-corrected chi connectivity index (χ0v) is 9.35. The normalized spacial score (nSPS) is 16.2. The van der Waals surface area contributed by atoms with E-state index >= 15 is 0 Å². The van der Waals surface area contributed by atoms with Crippen LogP contribution >= 0.6 is 0 Å². The van der Waals surface area contributed by atoms with Crippen molar-refractivity contribution < 1.29 is 14.7 Å². The number of benzene rings is 1. The SMILES string of the molecule is O=C1CN(C(=O)c2ccccc2O)CCCN1. The molecule has 0 bridgehead atoms. The number of nitrogens with one attached hydrogen (secondary N) is 1. The van der Waals surface area contributed by atoms with Crippen LogP contribution in [0.15, 0.2) is 24.3 Å². The minimum Gasteiger partial charge on any atom is -0.507 e. The van der Waals surface area contributed by atoms with Crippen molar-refractivity contribution >= 4 is 11.8 Å². The van der Waals surface area contributed by atoms with Crippen molar-refractivity contribution in [3.8, 4) is 5.75 Å². The van der Waals surface area contributed by atoms with Crippen LogP contribution in [-0.4, -0.2) is 41.5 Å². The number of phenols is 1. The van der Waals surface area contributed by atoms with Crippen LogP contribution in [0.2, 0.25) is 0 Å². The minimum absolute atomic E-state index is 0.0488. The summed E-state index contributed by atoms with van der Waals surface area (Å²) in [5.74, 6) is -0.520. The molecule has 90 valence electrons. The number of phenolic OH excluding ortho intramolecular Hbond substituents is 1. The standard InChI is InChI=1S/C12H14N2O3/c15-10-5-2-1-4-9(10)12(17)14-7-3-6-13-11(16)8-14/h1-2,4-5,15H,3,6-8H2,(H,13,16). The van der Waals surface area contributed by atoms with Gasteiger partial charge in [-0.25, -0.2) is 0 Å². The van der Waals surface area contributed by atoms with Crippen LogP contribution < -0.4 is 5.32 Å². The molecule has 0 saturated carbocycles. The van der Waals surface area contributed by atoms with Gasteiger partial charge >= 0.3 is 0 Å². The molecule has 2 N–H and O–H groups in total. The third-order valence-corrected chi connectivity index (χ3v) is 2.68. The number of aromatic hydroxyl groups is 1. The van der Waals surface area contributed by atoms with Crippen LogP contribution in [-0.2, 0) is 4.79 Å². The summed E-state index contributed by atoms with van der Waals surface area (Å²) in [7, 11) is 0. The molecule has 1 aromatic carbocycles. The Bertz CT molecular complexity index is 445. The van der Waals surface area contributed by atoms with E-state index in [1.165, 1.54) is 11.0 Å². The quantitative estimate of drug-likeness (QED) is 0.737. The van der Waals surface area contributed by atoms with Crippen LogP contribution in [0.25, 0.3) is 0 Å². The van der Waals surface area contributed by atoms with Crippen LogP contribution in [0.3, 0.4) is 0 Å². The van der Waals surface area contributed by atoms with Crippen LogP contribution in [0.1, 0.15) is 16.8 Å². The zero-order valence-electron chi connectivity index (χ0n) is 9.35. The maximum atomic E-state index is 12.1. The maximum absolute atomic E-state index is 12.1. The van der Waals surface area contributed by atoms with Gasteiger partial charge < -0.3 is 15.3 Å². The summed E-state index contributed by atoms with van der Waals surface area (Å²) in [5, 5.41) is 12.3. The first-order valence-electron chi connectivity index (χ1n) is 5.52. The Kier molecular flexibility index (Phi) is 3.27. The molecule has 0 aliphatic carbocycles. The van der Waals surface area contributed by atoms with Crippen LogP contribution in [0.4, 0.5) is 0 Å². The van der Waals surface area contributed by atoms with Crippen molar-refractivity contribution in [3.63, 3.8) is 0 Å². The predicted molar refractivity (Wildman–Crippen MR) is 61.6 cm³/mol. The van der Waals surface area contributed by atoms with Gasteiger partial charge in [0.05, 0.1) is 12.1 Å². The molecule has 1 saturated heterocycles. The summed E-state index contributed by atoms with van der Waals surface area (Å²) < 4.78 is 0. The molecule has 0 radical (unpaired) electrons. The van der Waals surface area contributed by atoms with Gasteiger partial charge in [-0.2, -0.15) is 0 Å². The zero-order chi connectivity index (χ0) is 12.3. The van der Waals surface area contributed by atoms with E-state index in [0.717, 1.165) is 6.42 Å². The van der Waals surface area contributed by atoms with E-state index in [1.54, 1.807) is 18.2 Å². The second-order valence-electron chi connectivity index (χ2n) is 3.95. The topological polar surface area (TPSA) is 69.6 Å². The van der Waals surface area contributed by atoms with Crippen molar-refractivity contribution in [1.82, 2.24) is 10.2 Å². The Morgan fingerprint density at radius 1 is 1.35 bits per heavy atom. The van der Waals surface area contributed by atoms with Gasteiger partial charge in [0, 0.05) is 13.1 Å². The Balaban J connectivity index is 2.19. The van der Waals surface area contributed by atoms with Crippen LogP contribution in [0.5, 0.6) is 5.75 Å². The van der Waals surface area contributed by atoms with Gasteiger partial charge in [0.2, 0.25) is 5.91 Å². The summed E-state index contributed by atoms with van der Waals surface area (Å²) in [4.78, 5) is 24.9. The van der Waals surface area contributed by atoms with Crippen molar-refractivity contribution in [2.45, 2.75) is 6.42 Å². The van der Waals surface area contributed by atoms with E-state index in [9.17, 15) is 14.7 Å². The van der Waals surface area contributed by atoms with E-state index in [0.29, 0.717) is 13.1 Å². The lowest BCUT2D eigenvalue weighted by molar-refractivity contribution is -0.121. The summed E-state index contributed by atoms with van der Waals surface area (Å²) in [6.45, 7) is 1.16. The molecule has 5 heteroatoms. The molecule has 17 heavy (non-hydrogen) atoms.